The maximum atomic E-state index is 12.9. The highest BCUT2D eigenvalue weighted by Gasteiger charge is 2.32. The van der Waals surface area contributed by atoms with Crippen molar-refractivity contribution in [3.63, 3.8) is 0 Å². The standard InChI is InChI=1S/C22H21F3N4O3/c1-12(2)6-19(29-18-5-4-13(21(30)31-3)7-14(18)11-27-29)17-9-16(32-22(23,24)25)8-15-10-26-28-20(15)17/h4-5,7-12,19H,6H2,1-3H3,(H,26,28). The van der Waals surface area contributed by atoms with Gasteiger partial charge in [-0.3, -0.25) is 9.78 Å². The molecule has 2 aromatic carbocycles. The molecule has 0 saturated heterocycles. The number of alkyl halides is 3. The summed E-state index contributed by atoms with van der Waals surface area (Å²) in [5.74, 6) is -0.576. The maximum absolute atomic E-state index is 12.9. The molecular weight excluding hydrogens is 425 g/mol. The molecule has 0 aliphatic carbocycles. The first-order valence-electron chi connectivity index (χ1n) is 9.94. The fourth-order valence-corrected chi connectivity index (χ4v) is 3.86. The fraction of sp³-hybridized carbons (Fsp3) is 0.318. The molecule has 0 fully saturated rings. The third-order valence-corrected chi connectivity index (χ3v) is 5.15. The van der Waals surface area contributed by atoms with Crippen LogP contribution in [0.4, 0.5) is 13.2 Å². The van der Waals surface area contributed by atoms with Crippen molar-refractivity contribution in [3.05, 3.63) is 53.9 Å². The molecule has 0 aliphatic rings. The molecule has 168 valence electrons. The Morgan fingerprint density at radius 2 is 1.94 bits per heavy atom. The second-order valence-electron chi connectivity index (χ2n) is 7.89. The SMILES string of the molecule is COC(=O)c1ccc2c(cnn2C(CC(C)C)c2cc(OC(F)(F)F)cc3cn[nH]c23)c1. The lowest BCUT2D eigenvalue weighted by atomic mass is 9.95. The van der Waals surface area contributed by atoms with E-state index in [0.29, 0.717) is 33.8 Å². The molecule has 0 saturated carbocycles. The minimum atomic E-state index is -4.81. The number of aromatic nitrogens is 4. The number of hydrogen-bond acceptors (Lipinski definition) is 5. The van der Waals surface area contributed by atoms with Crippen LogP contribution in [0, 0.1) is 5.92 Å². The van der Waals surface area contributed by atoms with Crippen LogP contribution in [0.5, 0.6) is 5.75 Å². The van der Waals surface area contributed by atoms with Gasteiger partial charge in [-0.05, 0) is 42.7 Å². The molecule has 2 heterocycles. The third kappa shape index (κ3) is 4.25. The molecule has 32 heavy (non-hydrogen) atoms. The van der Waals surface area contributed by atoms with Crippen LogP contribution in [-0.2, 0) is 4.74 Å². The number of rotatable bonds is 6. The van der Waals surface area contributed by atoms with Crippen LogP contribution in [0.1, 0.15) is 42.2 Å². The van der Waals surface area contributed by atoms with Gasteiger partial charge in [-0.15, -0.1) is 13.2 Å². The number of benzene rings is 2. The van der Waals surface area contributed by atoms with Crippen LogP contribution in [0.25, 0.3) is 21.8 Å². The van der Waals surface area contributed by atoms with Gasteiger partial charge in [0.05, 0.1) is 42.1 Å². The minimum absolute atomic E-state index is 0.207. The number of nitrogens with zero attached hydrogens (tertiary/aromatic N) is 3. The Hall–Kier alpha value is -3.56. The smallest absolute Gasteiger partial charge is 0.465 e. The lowest BCUT2D eigenvalue weighted by Crippen LogP contribution is -2.18. The molecule has 0 spiro atoms. The Bertz CT molecular complexity index is 1280. The summed E-state index contributed by atoms with van der Waals surface area (Å²) >= 11 is 0. The first kappa shape index (κ1) is 21.7. The van der Waals surface area contributed by atoms with Gasteiger partial charge in [-0.2, -0.15) is 10.2 Å². The second-order valence-corrected chi connectivity index (χ2v) is 7.89. The summed E-state index contributed by atoms with van der Waals surface area (Å²) in [6, 6.07) is 7.32. The van der Waals surface area contributed by atoms with Crippen LogP contribution in [0.2, 0.25) is 0 Å². The van der Waals surface area contributed by atoms with Crippen LogP contribution in [0.15, 0.2) is 42.7 Å². The van der Waals surface area contributed by atoms with E-state index in [2.05, 4.69) is 20.0 Å². The van der Waals surface area contributed by atoms with Crippen molar-refractivity contribution in [2.75, 3.05) is 7.11 Å². The van der Waals surface area contributed by atoms with Crippen molar-refractivity contribution in [3.8, 4) is 5.75 Å². The predicted octanol–water partition coefficient (Wildman–Crippen LogP) is 5.23. The van der Waals surface area contributed by atoms with Gasteiger partial charge in [0.1, 0.15) is 5.75 Å². The first-order chi connectivity index (χ1) is 15.2. The molecule has 1 N–H and O–H groups in total. The monoisotopic (exact) mass is 446 g/mol. The third-order valence-electron chi connectivity index (χ3n) is 5.15. The molecule has 2 aromatic heterocycles. The highest BCUT2D eigenvalue weighted by atomic mass is 19.4. The second kappa shape index (κ2) is 8.18. The van der Waals surface area contributed by atoms with Gasteiger partial charge >= 0.3 is 12.3 Å². The molecule has 4 aromatic rings. The molecule has 0 radical (unpaired) electrons. The molecule has 0 bridgehead atoms. The van der Waals surface area contributed by atoms with Gasteiger partial charge < -0.3 is 9.47 Å². The molecule has 0 aliphatic heterocycles. The molecule has 7 nitrogen and oxygen atoms in total. The van der Waals surface area contributed by atoms with Crippen LogP contribution in [-0.4, -0.2) is 39.4 Å². The Balaban J connectivity index is 1.87. The van der Waals surface area contributed by atoms with E-state index in [0.717, 1.165) is 5.52 Å². The summed E-state index contributed by atoms with van der Waals surface area (Å²) in [5, 5.41) is 12.6. The van der Waals surface area contributed by atoms with Crippen molar-refractivity contribution in [1.29, 1.82) is 0 Å². The van der Waals surface area contributed by atoms with Gasteiger partial charge in [-0.25, -0.2) is 4.79 Å². The number of aromatic amines is 1. The van der Waals surface area contributed by atoms with Gasteiger partial charge in [0.15, 0.2) is 0 Å². The van der Waals surface area contributed by atoms with E-state index in [9.17, 15) is 18.0 Å². The van der Waals surface area contributed by atoms with E-state index in [4.69, 9.17) is 4.74 Å². The number of nitrogens with one attached hydrogen (secondary N) is 1. The number of halogens is 3. The average molecular weight is 446 g/mol. The van der Waals surface area contributed by atoms with Gasteiger partial charge in [-0.1, -0.05) is 13.8 Å². The van der Waals surface area contributed by atoms with E-state index in [-0.39, 0.29) is 11.7 Å². The zero-order valence-electron chi connectivity index (χ0n) is 17.6. The summed E-state index contributed by atoms with van der Waals surface area (Å²) in [7, 11) is 1.31. The van der Waals surface area contributed by atoms with Crippen molar-refractivity contribution in [1.82, 2.24) is 20.0 Å². The van der Waals surface area contributed by atoms with Crippen molar-refractivity contribution < 1.29 is 27.4 Å². The molecule has 0 amide bonds. The number of esters is 1. The van der Waals surface area contributed by atoms with E-state index < -0.39 is 18.4 Å². The van der Waals surface area contributed by atoms with E-state index in [1.807, 2.05) is 13.8 Å². The van der Waals surface area contributed by atoms with E-state index >= 15 is 0 Å². The zero-order valence-corrected chi connectivity index (χ0v) is 17.6. The number of methoxy groups -OCH3 is 1. The van der Waals surface area contributed by atoms with E-state index in [1.54, 1.807) is 29.1 Å². The highest BCUT2D eigenvalue weighted by Crippen LogP contribution is 2.36. The highest BCUT2D eigenvalue weighted by molar-refractivity contribution is 5.94. The van der Waals surface area contributed by atoms with Crippen molar-refractivity contribution in [2.24, 2.45) is 5.92 Å². The van der Waals surface area contributed by atoms with Crippen LogP contribution in [0.3, 0.4) is 0 Å². The van der Waals surface area contributed by atoms with Gasteiger partial charge in [0, 0.05) is 16.3 Å². The quantitative estimate of drug-likeness (QED) is 0.410. The Morgan fingerprint density at radius 3 is 2.62 bits per heavy atom. The fourth-order valence-electron chi connectivity index (χ4n) is 3.86. The topological polar surface area (TPSA) is 82.0 Å². The minimum Gasteiger partial charge on any atom is -0.465 e. The summed E-state index contributed by atoms with van der Waals surface area (Å²) in [5.41, 5.74) is 2.31. The van der Waals surface area contributed by atoms with Gasteiger partial charge in [0.2, 0.25) is 0 Å². The lowest BCUT2D eigenvalue weighted by molar-refractivity contribution is -0.274. The summed E-state index contributed by atoms with van der Waals surface area (Å²) in [6.07, 6.45) is -1.14. The van der Waals surface area contributed by atoms with Crippen molar-refractivity contribution >= 4 is 27.8 Å². The van der Waals surface area contributed by atoms with Gasteiger partial charge in [0.25, 0.3) is 0 Å². The largest absolute Gasteiger partial charge is 0.573 e. The molecule has 10 heteroatoms. The number of carbonyl (C=O) groups excluding carboxylic acids is 1. The zero-order chi connectivity index (χ0) is 23.0. The molecule has 1 unspecified atom stereocenters. The first-order valence-corrected chi connectivity index (χ1v) is 9.94. The number of hydrogen-bond donors (Lipinski definition) is 1. The molecule has 1 atom stereocenters. The Labute approximate surface area is 181 Å². The number of ether oxygens (including phenoxy) is 2. The Morgan fingerprint density at radius 1 is 1.16 bits per heavy atom. The molecule has 4 rings (SSSR count). The van der Waals surface area contributed by atoms with Crippen LogP contribution < -0.4 is 4.74 Å². The van der Waals surface area contributed by atoms with Crippen LogP contribution >= 0.6 is 0 Å². The number of H-pyrrole nitrogens is 1. The Kier molecular flexibility index (Phi) is 5.53. The number of fused-ring (bicyclic) bond motifs is 2. The summed E-state index contributed by atoms with van der Waals surface area (Å²) in [4.78, 5) is 11.9. The van der Waals surface area contributed by atoms with Crippen molar-refractivity contribution in [2.45, 2.75) is 32.7 Å². The normalized spacial score (nSPS) is 13.1. The maximum Gasteiger partial charge on any atom is 0.573 e. The summed E-state index contributed by atoms with van der Waals surface area (Å²) in [6.45, 7) is 4.04. The molecular formula is C22H21F3N4O3. The average Bonchev–Trinajstić information content (AvgIpc) is 3.35. The predicted molar refractivity (Wildman–Crippen MR) is 111 cm³/mol. The van der Waals surface area contributed by atoms with E-state index in [1.165, 1.54) is 25.4 Å². The number of carbonyl (C=O) groups is 1. The summed E-state index contributed by atoms with van der Waals surface area (Å²) < 4.78 is 49.5. The lowest BCUT2D eigenvalue weighted by Gasteiger charge is -2.23.